The van der Waals surface area contributed by atoms with E-state index in [-0.39, 0.29) is 17.0 Å². The van der Waals surface area contributed by atoms with E-state index in [1.807, 2.05) is 6.92 Å². The van der Waals surface area contributed by atoms with Gasteiger partial charge in [-0.1, -0.05) is 41.4 Å². The molecule has 4 atom stereocenters. The monoisotopic (exact) mass is 606 g/mol. The SMILES string of the molecule is Cc1ccc(S(=O)(=O)N/N=C2/C[C@](C)(O)[C@H](C(=O)OC(C)(C)C)[C@@H](c3ccc(Cl)cc3)[C@H]2C(=O)OC(C)(C)C)cc1. The molecule has 0 bridgehead atoms. The van der Waals surface area contributed by atoms with Crippen LogP contribution in [0.2, 0.25) is 5.02 Å². The number of aryl methyl sites for hydroxylation is 1. The summed E-state index contributed by atoms with van der Waals surface area (Å²) in [6.07, 6.45) is -0.304. The lowest BCUT2D eigenvalue weighted by Crippen LogP contribution is -2.56. The molecular formula is C30H39ClN2O7S. The molecule has 2 aromatic rings. The molecule has 0 amide bonds. The maximum atomic E-state index is 13.8. The van der Waals surface area contributed by atoms with Crippen molar-refractivity contribution in [2.24, 2.45) is 16.9 Å². The van der Waals surface area contributed by atoms with Crippen molar-refractivity contribution in [3.05, 3.63) is 64.7 Å². The molecule has 0 saturated heterocycles. The summed E-state index contributed by atoms with van der Waals surface area (Å²) < 4.78 is 37.6. The summed E-state index contributed by atoms with van der Waals surface area (Å²) in [5.41, 5.74) is -2.18. The Morgan fingerprint density at radius 3 is 1.98 bits per heavy atom. The second-order valence-electron chi connectivity index (χ2n) is 12.6. The lowest BCUT2D eigenvalue weighted by molar-refractivity contribution is -0.175. The van der Waals surface area contributed by atoms with Crippen LogP contribution in [0.25, 0.3) is 0 Å². The molecule has 1 aliphatic rings. The first-order valence-electron chi connectivity index (χ1n) is 13.3. The van der Waals surface area contributed by atoms with Crippen molar-refractivity contribution in [1.82, 2.24) is 4.83 Å². The van der Waals surface area contributed by atoms with E-state index >= 15 is 0 Å². The van der Waals surface area contributed by atoms with Crippen molar-refractivity contribution in [2.45, 2.75) is 89.4 Å². The van der Waals surface area contributed by atoms with Gasteiger partial charge in [0.25, 0.3) is 10.0 Å². The number of esters is 2. The van der Waals surface area contributed by atoms with Gasteiger partial charge in [0.2, 0.25) is 0 Å². The zero-order chi connectivity index (χ0) is 31.0. The molecule has 0 heterocycles. The molecule has 0 radical (unpaired) electrons. The molecule has 1 saturated carbocycles. The summed E-state index contributed by atoms with van der Waals surface area (Å²) >= 11 is 6.14. The minimum Gasteiger partial charge on any atom is -0.460 e. The van der Waals surface area contributed by atoms with Gasteiger partial charge in [-0.2, -0.15) is 13.5 Å². The van der Waals surface area contributed by atoms with Crippen LogP contribution >= 0.6 is 11.6 Å². The Hall–Kier alpha value is -2.95. The molecule has 2 aromatic carbocycles. The van der Waals surface area contributed by atoms with E-state index in [9.17, 15) is 23.1 Å². The molecule has 41 heavy (non-hydrogen) atoms. The first kappa shape index (κ1) is 32.6. The van der Waals surface area contributed by atoms with Crippen LogP contribution < -0.4 is 4.83 Å². The Kier molecular flexibility index (Phi) is 9.32. The van der Waals surface area contributed by atoms with Gasteiger partial charge < -0.3 is 14.6 Å². The van der Waals surface area contributed by atoms with Gasteiger partial charge in [-0.05, 0) is 85.2 Å². The number of sulfonamides is 1. The first-order valence-corrected chi connectivity index (χ1v) is 15.1. The van der Waals surface area contributed by atoms with Crippen molar-refractivity contribution in [3.8, 4) is 0 Å². The van der Waals surface area contributed by atoms with Crippen LogP contribution in [0.3, 0.4) is 0 Å². The van der Waals surface area contributed by atoms with Gasteiger partial charge in [-0.25, -0.2) is 4.83 Å². The number of hydrazone groups is 1. The number of aliphatic hydroxyl groups is 1. The van der Waals surface area contributed by atoms with Gasteiger partial charge in [-0.3, -0.25) is 9.59 Å². The van der Waals surface area contributed by atoms with Crippen molar-refractivity contribution in [3.63, 3.8) is 0 Å². The smallest absolute Gasteiger partial charge is 0.315 e. The zero-order valence-electron chi connectivity index (χ0n) is 24.7. The molecule has 0 aliphatic heterocycles. The predicted molar refractivity (Wildman–Crippen MR) is 157 cm³/mol. The van der Waals surface area contributed by atoms with Crippen molar-refractivity contribution < 1.29 is 32.6 Å². The van der Waals surface area contributed by atoms with E-state index in [1.165, 1.54) is 19.1 Å². The number of ether oxygens (including phenoxy) is 2. The fourth-order valence-corrected chi connectivity index (χ4v) is 5.82. The quantitative estimate of drug-likeness (QED) is 0.344. The zero-order valence-corrected chi connectivity index (χ0v) is 26.3. The first-order chi connectivity index (χ1) is 18.7. The average Bonchev–Trinajstić information content (AvgIpc) is 2.80. The molecular weight excluding hydrogens is 568 g/mol. The fraction of sp³-hybridized carbons (Fsp3) is 0.500. The van der Waals surface area contributed by atoms with Gasteiger partial charge >= 0.3 is 11.9 Å². The Bertz CT molecular complexity index is 1400. The lowest BCUT2D eigenvalue weighted by Gasteiger charge is -2.46. The van der Waals surface area contributed by atoms with Crippen molar-refractivity contribution >= 4 is 39.3 Å². The van der Waals surface area contributed by atoms with Crippen LogP contribution in [0.15, 0.2) is 58.5 Å². The van der Waals surface area contributed by atoms with E-state index in [2.05, 4.69) is 9.93 Å². The topological polar surface area (TPSA) is 131 Å². The number of rotatable bonds is 6. The second kappa shape index (κ2) is 11.7. The fourth-order valence-electron chi connectivity index (χ4n) is 4.85. The van der Waals surface area contributed by atoms with Crippen LogP contribution in [-0.4, -0.2) is 48.0 Å². The highest BCUT2D eigenvalue weighted by Crippen LogP contribution is 2.48. The summed E-state index contributed by atoms with van der Waals surface area (Å²) in [6, 6.07) is 12.7. The third-order valence-corrected chi connectivity index (χ3v) is 7.98. The van der Waals surface area contributed by atoms with Gasteiger partial charge in [0.1, 0.15) is 17.1 Å². The molecule has 1 aliphatic carbocycles. The average molecular weight is 607 g/mol. The van der Waals surface area contributed by atoms with Gasteiger partial charge in [0.05, 0.1) is 22.1 Å². The highest BCUT2D eigenvalue weighted by molar-refractivity contribution is 7.89. The number of nitrogens with zero attached hydrogens (tertiary/aromatic N) is 1. The maximum absolute atomic E-state index is 13.8. The van der Waals surface area contributed by atoms with Crippen LogP contribution in [0.5, 0.6) is 0 Å². The molecule has 3 rings (SSSR count). The van der Waals surface area contributed by atoms with Crippen LogP contribution in [0.4, 0.5) is 0 Å². The number of hydrogen-bond donors (Lipinski definition) is 2. The number of carbonyl (C=O) groups is 2. The van der Waals surface area contributed by atoms with Crippen molar-refractivity contribution in [1.29, 1.82) is 0 Å². The summed E-state index contributed by atoms with van der Waals surface area (Å²) in [5.74, 6) is -4.93. The number of benzene rings is 2. The van der Waals surface area contributed by atoms with E-state index in [4.69, 9.17) is 21.1 Å². The largest absolute Gasteiger partial charge is 0.460 e. The number of halogens is 1. The number of carbonyl (C=O) groups excluding carboxylic acids is 2. The molecule has 0 unspecified atom stereocenters. The summed E-state index contributed by atoms with van der Waals surface area (Å²) in [4.78, 5) is 29.7. The molecule has 224 valence electrons. The third-order valence-electron chi connectivity index (χ3n) is 6.50. The molecule has 1 fully saturated rings. The Balaban J connectivity index is 2.21. The van der Waals surface area contributed by atoms with Crippen LogP contribution in [0.1, 0.15) is 71.9 Å². The van der Waals surface area contributed by atoms with E-state index < -0.39 is 56.5 Å². The molecule has 11 heteroatoms. The summed E-state index contributed by atoms with van der Waals surface area (Å²) in [7, 11) is -4.12. The van der Waals surface area contributed by atoms with Gasteiger partial charge in [0, 0.05) is 17.4 Å². The van der Waals surface area contributed by atoms with Crippen molar-refractivity contribution in [2.75, 3.05) is 0 Å². The third kappa shape index (κ3) is 8.30. The molecule has 9 nitrogen and oxygen atoms in total. The molecule has 0 aromatic heterocycles. The Morgan fingerprint density at radius 2 is 1.46 bits per heavy atom. The van der Waals surface area contributed by atoms with E-state index in [0.29, 0.717) is 10.6 Å². The minimum absolute atomic E-state index is 0.0136. The van der Waals surface area contributed by atoms with E-state index in [0.717, 1.165) is 5.56 Å². The van der Waals surface area contributed by atoms with Crippen LogP contribution in [0, 0.1) is 18.8 Å². The standard InChI is InChI=1S/C30H39ClN2O7S/c1-18-9-15-21(16-10-18)41(37,38)33-32-22-17-30(8,36)25(27(35)40-29(5,6)7)23(19-11-13-20(31)14-12-19)24(22)26(34)39-28(2,3)4/h9-16,23-25,33,36H,17H2,1-8H3/b32-22-/t23-,24-,25-,30-/m0/s1. The highest BCUT2D eigenvalue weighted by atomic mass is 35.5. The van der Waals surface area contributed by atoms with Gasteiger partial charge in [0.15, 0.2) is 0 Å². The second-order valence-corrected chi connectivity index (χ2v) is 14.7. The Morgan fingerprint density at radius 1 is 0.951 bits per heavy atom. The normalized spacial score (nSPS) is 24.5. The highest BCUT2D eigenvalue weighted by Gasteiger charge is 2.57. The summed E-state index contributed by atoms with van der Waals surface area (Å²) in [5, 5.41) is 16.3. The Labute approximate surface area is 247 Å². The van der Waals surface area contributed by atoms with Crippen LogP contribution in [-0.2, 0) is 29.1 Å². The molecule has 2 N–H and O–H groups in total. The molecule has 0 spiro atoms. The van der Waals surface area contributed by atoms with Gasteiger partial charge in [-0.15, -0.1) is 0 Å². The minimum atomic E-state index is -4.12. The lowest BCUT2D eigenvalue weighted by atomic mass is 9.61. The van der Waals surface area contributed by atoms with E-state index in [1.54, 1.807) is 77.9 Å². The number of hydrogen-bond acceptors (Lipinski definition) is 8. The maximum Gasteiger partial charge on any atom is 0.315 e. The number of nitrogens with one attached hydrogen (secondary N) is 1. The predicted octanol–water partition coefficient (Wildman–Crippen LogP) is 5.14. The summed E-state index contributed by atoms with van der Waals surface area (Å²) in [6.45, 7) is 13.5.